The minimum atomic E-state index is -4.53. The van der Waals surface area contributed by atoms with E-state index in [0.717, 1.165) is 24.3 Å². The van der Waals surface area contributed by atoms with E-state index in [2.05, 4.69) is 5.32 Å². The van der Waals surface area contributed by atoms with Crippen LogP contribution in [0.15, 0.2) is 48.5 Å². The Balaban J connectivity index is 2.09. The molecule has 0 saturated heterocycles. The van der Waals surface area contributed by atoms with Gasteiger partial charge in [-0.3, -0.25) is 4.79 Å². The molecular weight excluding hydrogens is 339 g/mol. The van der Waals surface area contributed by atoms with Crippen LogP contribution in [0, 0.1) is 0 Å². The molecule has 0 radical (unpaired) electrons. The van der Waals surface area contributed by atoms with Gasteiger partial charge in [0.05, 0.1) is 17.6 Å². The van der Waals surface area contributed by atoms with Crippen molar-refractivity contribution in [3.8, 4) is 5.75 Å². The summed E-state index contributed by atoms with van der Waals surface area (Å²) in [6.45, 7) is 0. The molecular formula is C17H13F3NO4-. The maximum absolute atomic E-state index is 12.5. The quantitative estimate of drug-likeness (QED) is 0.853. The Morgan fingerprint density at radius 3 is 2.08 bits per heavy atom. The lowest BCUT2D eigenvalue weighted by atomic mass is 10.0. The molecule has 0 aliphatic heterocycles. The van der Waals surface area contributed by atoms with E-state index in [1.54, 1.807) is 0 Å². The van der Waals surface area contributed by atoms with Crippen molar-refractivity contribution in [2.24, 2.45) is 0 Å². The lowest BCUT2D eigenvalue weighted by molar-refractivity contribution is -0.308. The molecule has 0 aliphatic rings. The molecule has 0 spiro atoms. The average molecular weight is 352 g/mol. The highest BCUT2D eigenvalue weighted by molar-refractivity contribution is 5.96. The Labute approximate surface area is 140 Å². The van der Waals surface area contributed by atoms with Gasteiger partial charge in [-0.15, -0.1) is 0 Å². The molecule has 0 fully saturated rings. The molecule has 25 heavy (non-hydrogen) atoms. The third kappa shape index (κ3) is 4.97. The first-order valence-electron chi connectivity index (χ1n) is 7.13. The van der Waals surface area contributed by atoms with Crippen molar-refractivity contribution < 1.29 is 33.0 Å². The summed E-state index contributed by atoms with van der Waals surface area (Å²) < 4.78 is 37.5. The zero-order valence-electron chi connectivity index (χ0n) is 12.7. The molecule has 0 saturated carbocycles. The number of carbonyl (C=O) groups is 2. The van der Waals surface area contributed by atoms with Crippen molar-refractivity contribution >= 4 is 11.9 Å². The number of carbonyl (C=O) groups excluding carboxylic acids is 2. The minimum Gasteiger partial charge on any atom is -0.548 e. The van der Waals surface area contributed by atoms with Crippen molar-refractivity contribution in [2.45, 2.75) is 18.6 Å². The van der Waals surface area contributed by atoms with Crippen LogP contribution in [0.5, 0.6) is 5.75 Å². The van der Waals surface area contributed by atoms with Gasteiger partial charge in [-0.1, -0.05) is 12.1 Å². The smallest absolute Gasteiger partial charge is 0.416 e. The number of phenols is 1. The van der Waals surface area contributed by atoms with Crippen LogP contribution in [0.2, 0.25) is 0 Å². The van der Waals surface area contributed by atoms with Crippen molar-refractivity contribution in [3.05, 3.63) is 65.2 Å². The summed E-state index contributed by atoms with van der Waals surface area (Å²) in [5.41, 5.74) is -0.491. The predicted octanol–water partition coefficient (Wildman–Crippen LogP) is 1.50. The number of hydrogen-bond acceptors (Lipinski definition) is 4. The SMILES string of the molecule is O=C(N[C@@H](Cc1ccc(O)cc1)C(=O)[O-])c1ccc(C(F)(F)F)cc1. The normalized spacial score (nSPS) is 12.4. The number of aliphatic carboxylic acids is 1. The molecule has 5 nitrogen and oxygen atoms in total. The van der Waals surface area contributed by atoms with Gasteiger partial charge >= 0.3 is 6.18 Å². The van der Waals surface area contributed by atoms with Crippen LogP contribution in [-0.2, 0) is 17.4 Å². The summed E-state index contributed by atoms with van der Waals surface area (Å²) in [5, 5.41) is 22.6. The number of rotatable bonds is 5. The van der Waals surface area contributed by atoms with Gasteiger partial charge in [-0.2, -0.15) is 13.2 Å². The van der Waals surface area contributed by atoms with Gasteiger partial charge in [-0.05, 0) is 48.4 Å². The lowest BCUT2D eigenvalue weighted by Gasteiger charge is -2.20. The van der Waals surface area contributed by atoms with E-state index in [9.17, 15) is 33.0 Å². The fourth-order valence-corrected chi connectivity index (χ4v) is 2.11. The van der Waals surface area contributed by atoms with Crippen LogP contribution in [0.25, 0.3) is 0 Å². The van der Waals surface area contributed by atoms with E-state index in [-0.39, 0.29) is 17.7 Å². The van der Waals surface area contributed by atoms with E-state index in [0.29, 0.717) is 5.56 Å². The van der Waals surface area contributed by atoms with Crippen LogP contribution in [0.1, 0.15) is 21.5 Å². The zero-order chi connectivity index (χ0) is 18.6. The van der Waals surface area contributed by atoms with Crippen LogP contribution >= 0.6 is 0 Å². The second-order valence-corrected chi connectivity index (χ2v) is 5.29. The molecule has 1 amide bonds. The number of carboxylic acids is 1. The Morgan fingerprint density at radius 1 is 1.04 bits per heavy atom. The van der Waals surface area contributed by atoms with Crippen molar-refractivity contribution in [3.63, 3.8) is 0 Å². The lowest BCUT2D eigenvalue weighted by Crippen LogP contribution is -2.49. The third-order valence-corrected chi connectivity index (χ3v) is 3.44. The van der Waals surface area contributed by atoms with Crippen LogP contribution in [0.3, 0.4) is 0 Å². The monoisotopic (exact) mass is 352 g/mol. The fourth-order valence-electron chi connectivity index (χ4n) is 2.11. The Morgan fingerprint density at radius 2 is 1.60 bits per heavy atom. The van der Waals surface area contributed by atoms with Gasteiger partial charge < -0.3 is 20.3 Å². The molecule has 1 atom stereocenters. The van der Waals surface area contributed by atoms with Gasteiger partial charge in [0.2, 0.25) is 0 Å². The number of amides is 1. The van der Waals surface area contributed by atoms with Gasteiger partial charge in [0, 0.05) is 5.56 Å². The summed E-state index contributed by atoms with van der Waals surface area (Å²) in [5.74, 6) is -2.36. The number of phenolic OH excluding ortho intramolecular Hbond substituents is 1. The number of alkyl halides is 3. The molecule has 0 bridgehead atoms. The maximum atomic E-state index is 12.5. The van der Waals surface area contributed by atoms with Crippen LogP contribution < -0.4 is 10.4 Å². The molecule has 0 unspecified atom stereocenters. The summed E-state index contributed by atoms with van der Waals surface area (Å²) in [4.78, 5) is 23.2. The topological polar surface area (TPSA) is 89.5 Å². The van der Waals surface area contributed by atoms with E-state index in [4.69, 9.17) is 0 Å². The van der Waals surface area contributed by atoms with Gasteiger partial charge in [0.15, 0.2) is 0 Å². The summed E-state index contributed by atoms with van der Waals surface area (Å²) >= 11 is 0. The number of hydrogen-bond donors (Lipinski definition) is 2. The first kappa shape index (κ1) is 18.3. The minimum absolute atomic E-state index is 0.00235. The van der Waals surface area contributed by atoms with Crippen molar-refractivity contribution in [2.75, 3.05) is 0 Å². The van der Waals surface area contributed by atoms with E-state index in [1.165, 1.54) is 24.3 Å². The number of carboxylic acid groups (broad SMARTS) is 1. The molecule has 0 heterocycles. The van der Waals surface area contributed by atoms with Crippen LogP contribution in [0.4, 0.5) is 13.2 Å². The van der Waals surface area contributed by atoms with Gasteiger partial charge in [-0.25, -0.2) is 0 Å². The van der Waals surface area contributed by atoms with Crippen molar-refractivity contribution in [1.82, 2.24) is 5.32 Å². The van der Waals surface area contributed by atoms with Crippen LogP contribution in [-0.4, -0.2) is 23.0 Å². The van der Waals surface area contributed by atoms with E-state index in [1.807, 2.05) is 0 Å². The third-order valence-electron chi connectivity index (χ3n) is 3.44. The number of halogens is 3. The largest absolute Gasteiger partial charge is 0.548 e. The molecule has 2 rings (SSSR count). The number of aromatic hydroxyl groups is 1. The van der Waals surface area contributed by atoms with Crippen molar-refractivity contribution in [1.29, 1.82) is 0 Å². The van der Waals surface area contributed by atoms with E-state index < -0.39 is 29.7 Å². The number of benzene rings is 2. The van der Waals surface area contributed by atoms with Gasteiger partial charge in [0.25, 0.3) is 5.91 Å². The Bertz CT molecular complexity index is 755. The maximum Gasteiger partial charge on any atom is 0.416 e. The average Bonchev–Trinajstić information content (AvgIpc) is 2.55. The van der Waals surface area contributed by atoms with Gasteiger partial charge in [0.1, 0.15) is 5.75 Å². The standard InChI is InChI=1S/C17H14F3NO4/c18-17(19,20)12-5-3-11(4-6-12)15(23)21-14(16(24)25)9-10-1-7-13(22)8-2-10/h1-8,14,22H,9H2,(H,21,23)(H,24,25)/p-1/t14-/m0/s1. The fraction of sp³-hybridized carbons (Fsp3) is 0.176. The highest BCUT2D eigenvalue weighted by Gasteiger charge is 2.30. The molecule has 2 N–H and O–H groups in total. The molecule has 8 heteroatoms. The summed E-state index contributed by atoms with van der Waals surface area (Å²) in [6.07, 6.45) is -4.63. The molecule has 2 aromatic carbocycles. The molecule has 2 aromatic rings. The number of nitrogens with one attached hydrogen (secondary N) is 1. The highest BCUT2D eigenvalue weighted by atomic mass is 19.4. The highest BCUT2D eigenvalue weighted by Crippen LogP contribution is 2.29. The Kier molecular flexibility index (Phi) is 5.31. The summed E-state index contributed by atoms with van der Waals surface area (Å²) in [6, 6.07) is 7.71. The second kappa shape index (κ2) is 7.25. The molecule has 0 aliphatic carbocycles. The second-order valence-electron chi connectivity index (χ2n) is 5.29. The summed E-state index contributed by atoms with van der Waals surface area (Å²) in [7, 11) is 0. The molecule has 0 aromatic heterocycles. The van der Waals surface area contributed by atoms with E-state index >= 15 is 0 Å². The Hall–Kier alpha value is -3.03. The first-order chi connectivity index (χ1) is 11.7. The molecule has 132 valence electrons. The first-order valence-corrected chi connectivity index (χ1v) is 7.13. The predicted molar refractivity (Wildman–Crippen MR) is 79.5 cm³/mol. The zero-order valence-corrected chi connectivity index (χ0v) is 12.7.